The number of halogens is 2. The maximum atomic E-state index is 13.0. The van der Waals surface area contributed by atoms with Crippen molar-refractivity contribution in [1.82, 2.24) is 10.2 Å². The van der Waals surface area contributed by atoms with Gasteiger partial charge in [0.2, 0.25) is 5.91 Å². The molecule has 2 N–H and O–H groups in total. The van der Waals surface area contributed by atoms with E-state index in [1.165, 1.54) is 37.5 Å². The van der Waals surface area contributed by atoms with Crippen LogP contribution in [-0.2, 0) is 9.59 Å². The van der Waals surface area contributed by atoms with Gasteiger partial charge in [-0.2, -0.15) is 0 Å². The number of carbonyl (C=O) groups excluding carboxylic acids is 3. The highest BCUT2D eigenvalue weighted by molar-refractivity contribution is 6.32. The van der Waals surface area contributed by atoms with Crippen LogP contribution in [0.15, 0.2) is 42.1 Å². The molecule has 0 spiro atoms. The number of amides is 4. The molecule has 10 heteroatoms. The molecule has 0 aromatic heterocycles. The molecular weight excluding hydrogens is 453 g/mol. The molecule has 0 bridgehead atoms. The summed E-state index contributed by atoms with van der Waals surface area (Å²) in [6, 6.07) is 7.58. The monoisotopic (exact) mass is 475 g/mol. The summed E-state index contributed by atoms with van der Waals surface area (Å²) in [6.07, 6.45) is 2.13. The maximum absolute atomic E-state index is 13.0. The van der Waals surface area contributed by atoms with Crippen LogP contribution in [0.4, 0.5) is 14.9 Å². The number of benzene rings is 2. The lowest BCUT2D eigenvalue weighted by molar-refractivity contribution is -0.127. The van der Waals surface area contributed by atoms with Gasteiger partial charge in [-0.15, -0.1) is 0 Å². The van der Waals surface area contributed by atoms with Crippen molar-refractivity contribution < 1.29 is 28.2 Å². The quantitative estimate of drug-likeness (QED) is 0.440. The first-order chi connectivity index (χ1) is 15.7. The van der Waals surface area contributed by atoms with Gasteiger partial charge in [-0.25, -0.2) is 14.1 Å². The fourth-order valence-corrected chi connectivity index (χ4v) is 3.24. The van der Waals surface area contributed by atoms with Crippen LogP contribution in [0.5, 0.6) is 11.5 Å². The van der Waals surface area contributed by atoms with E-state index < -0.39 is 30.2 Å². The third kappa shape index (κ3) is 5.81. The van der Waals surface area contributed by atoms with E-state index >= 15 is 0 Å². The van der Waals surface area contributed by atoms with Crippen LogP contribution < -0.4 is 20.1 Å². The normalized spacial score (nSPS) is 15.4. The van der Waals surface area contributed by atoms with Gasteiger partial charge in [-0.05, 0) is 61.4 Å². The van der Waals surface area contributed by atoms with Crippen molar-refractivity contribution in [3.8, 4) is 11.5 Å². The molecule has 8 nitrogen and oxygen atoms in total. The highest BCUT2D eigenvalue weighted by Crippen LogP contribution is 2.38. The standard InChI is InChI=1S/C23H23ClFN3O5/c1-4-13(2)33-21-17(24)9-14(11-19(21)32-3)10-18-22(30)28(23(31)27-18)12-20(29)26-16-7-5-15(25)6-8-16/h5-11,13H,4,12H2,1-3H3,(H,26,29)(H,27,31)/b18-10-/t13-/m0/s1. The van der Waals surface area contributed by atoms with Gasteiger partial charge < -0.3 is 20.1 Å². The smallest absolute Gasteiger partial charge is 0.329 e. The molecule has 1 saturated heterocycles. The van der Waals surface area contributed by atoms with Crippen molar-refractivity contribution in [1.29, 1.82) is 0 Å². The van der Waals surface area contributed by atoms with Crippen LogP contribution in [0.2, 0.25) is 5.02 Å². The Labute approximate surface area is 195 Å². The molecule has 1 atom stereocenters. The van der Waals surface area contributed by atoms with Crippen molar-refractivity contribution in [2.75, 3.05) is 19.0 Å². The lowest BCUT2D eigenvalue weighted by Crippen LogP contribution is -2.38. The highest BCUT2D eigenvalue weighted by atomic mass is 35.5. The zero-order valence-corrected chi connectivity index (χ0v) is 19.0. The molecule has 1 heterocycles. The molecule has 0 unspecified atom stereocenters. The molecule has 0 saturated carbocycles. The maximum Gasteiger partial charge on any atom is 0.329 e. The van der Waals surface area contributed by atoms with Crippen LogP contribution in [0.25, 0.3) is 6.08 Å². The highest BCUT2D eigenvalue weighted by Gasteiger charge is 2.35. The number of hydrogen-bond acceptors (Lipinski definition) is 5. The minimum atomic E-state index is -0.740. The van der Waals surface area contributed by atoms with Crippen LogP contribution in [0.1, 0.15) is 25.8 Å². The average Bonchev–Trinajstić information content (AvgIpc) is 3.04. The second kappa shape index (κ2) is 10.4. The third-order valence-corrected chi connectivity index (χ3v) is 5.13. The minimum absolute atomic E-state index is 0.0247. The molecule has 1 aliphatic rings. The molecular formula is C23H23ClFN3O5. The fraction of sp³-hybridized carbons (Fsp3) is 0.261. The molecule has 1 aliphatic heterocycles. The van der Waals surface area contributed by atoms with Gasteiger partial charge in [-0.1, -0.05) is 18.5 Å². The molecule has 4 amide bonds. The number of hydrogen-bond donors (Lipinski definition) is 2. The Hall–Kier alpha value is -3.59. The van der Waals surface area contributed by atoms with E-state index in [-0.39, 0.29) is 16.8 Å². The first-order valence-electron chi connectivity index (χ1n) is 10.2. The van der Waals surface area contributed by atoms with E-state index in [0.29, 0.717) is 22.7 Å². The number of methoxy groups -OCH3 is 1. The van der Waals surface area contributed by atoms with Gasteiger partial charge in [0.05, 0.1) is 18.2 Å². The van der Waals surface area contributed by atoms with E-state index in [9.17, 15) is 18.8 Å². The second-order valence-electron chi connectivity index (χ2n) is 7.31. The molecule has 2 aromatic rings. The summed E-state index contributed by atoms with van der Waals surface area (Å²) < 4.78 is 24.2. The summed E-state index contributed by atoms with van der Waals surface area (Å²) in [5.74, 6) is -0.974. The third-order valence-electron chi connectivity index (χ3n) is 4.85. The second-order valence-corrected chi connectivity index (χ2v) is 7.71. The Kier molecular flexibility index (Phi) is 7.55. The molecule has 0 aliphatic carbocycles. The number of nitrogens with one attached hydrogen (secondary N) is 2. The van der Waals surface area contributed by atoms with Crippen molar-refractivity contribution in [3.05, 3.63) is 58.5 Å². The van der Waals surface area contributed by atoms with Gasteiger partial charge in [0, 0.05) is 5.69 Å². The number of carbonyl (C=O) groups is 3. The van der Waals surface area contributed by atoms with E-state index in [0.717, 1.165) is 11.3 Å². The van der Waals surface area contributed by atoms with Crippen LogP contribution in [0, 0.1) is 5.82 Å². The summed E-state index contributed by atoms with van der Waals surface area (Å²) in [4.78, 5) is 38.0. The van der Waals surface area contributed by atoms with E-state index in [2.05, 4.69) is 10.6 Å². The molecule has 3 rings (SSSR count). The zero-order valence-electron chi connectivity index (χ0n) is 18.3. The van der Waals surface area contributed by atoms with Gasteiger partial charge >= 0.3 is 6.03 Å². The van der Waals surface area contributed by atoms with E-state index in [4.69, 9.17) is 21.1 Å². The number of imide groups is 1. The summed E-state index contributed by atoms with van der Waals surface area (Å²) in [7, 11) is 1.47. The molecule has 0 radical (unpaired) electrons. The van der Waals surface area contributed by atoms with Crippen molar-refractivity contribution in [2.24, 2.45) is 0 Å². The first-order valence-corrected chi connectivity index (χ1v) is 10.5. The number of rotatable bonds is 8. The first kappa shape index (κ1) is 24.1. The van der Waals surface area contributed by atoms with Crippen molar-refractivity contribution in [2.45, 2.75) is 26.4 Å². The SMILES string of the molecule is CC[C@H](C)Oc1c(Cl)cc(/C=C2\NC(=O)N(CC(=O)Nc3ccc(F)cc3)C2=O)cc1OC. The lowest BCUT2D eigenvalue weighted by Gasteiger charge is -2.17. The molecule has 33 heavy (non-hydrogen) atoms. The van der Waals surface area contributed by atoms with Gasteiger partial charge in [0.15, 0.2) is 11.5 Å². The summed E-state index contributed by atoms with van der Waals surface area (Å²) in [6.45, 7) is 3.37. The van der Waals surface area contributed by atoms with Gasteiger partial charge in [0.25, 0.3) is 5.91 Å². The largest absolute Gasteiger partial charge is 0.493 e. The van der Waals surface area contributed by atoms with E-state index in [1.807, 2.05) is 13.8 Å². The number of anilines is 1. The Morgan fingerprint density at radius 3 is 2.61 bits per heavy atom. The van der Waals surface area contributed by atoms with Gasteiger partial charge in [0.1, 0.15) is 18.1 Å². The van der Waals surface area contributed by atoms with E-state index in [1.54, 1.807) is 12.1 Å². The molecule has 1 fully saturated rings. The topological polar surface area (TPSA) is 97.0 Å². The summed E-state index contributed by atoms with van der Waals surface area (Å²) in [5.41, 5.74) is 0.809. The Morgan fingerprint density at radius 2 is 1.97 bits per heavy atom. The van der Waals surface area contributed by atoms with Crippen molar-refractivity contribution in [3.63, 3.8) is 0 Å². The molecule has 174 valence electrons. The number of nitrogens with zero attached hydrogens (tertiary/aromatic N) is 1. The lowest BCUT2D eigenvalue weighted by atomic mass is 10.1. The number of urea groups is 1. The summed E-state index contributed by atoms with van der Waals surface area (Å²) in [5, 5.41) is 5.24. The average molecular weight is 476 g/mol. The summed E-state index contributed by atoms with van der Waals surface area (Å²) >= 11 is 6.36. The predicted molar refractivity (Wildman–Crippen MR) is 122 cm³/mol. The van der Waals surface area contributed by atoms with Crippen LogP contribution in [-0.4, -0.2) is 42.5 Å². The zero-order chi connectivity index (χ0) is 24.1. The Morgan fingerprint density at radius 1 is 1.27 bits per heavy atom. The van der Waals surface area contributed by atoms with Crippen LogP contribution >= 0.6 is 11.6 Å². The molecule has 2 aromatic carbocycles. The van der Waals surface area contributed by atoms with Gasteiger partial charge in [-0.3, -0.25) is 9.59 Å². The Bertz CT molecular complexity index is 1100. The van der Waals surface area contributed by atoms with Crippen molar-refractivity contribution >= 4 is 41.2 Å². The predicted octanol–water partition coefficient (Wildman–Crippen LogP) is 4.20. The van der Waals surface area contributed by atoms with Crippen LogP contribution in [0.3, 0.4) is 0 Å². The number of ether oxygens (including phenoxy) is 2. The Balaban J connectivity index is 1.75. The minimum Gasteiger partial charge on any atom is -0.493 e. The fourth-order valence-electron chi connectivity index (χ4n) is 2.98.